The van der Waals surface area contributed by atoms with Crippen molar-refractivity contribution in [3.63, 3.8) is 0 Å². The van der Waals surface area contributed by atoms with Gasteiger partial charge in [-0.05, 0) is 24.3 Å². The molecule has 0 aliphatic rings. The largest absolute Gasteiger partial charge is 0.396 e. The van der Waals surface area contributed by atoms with Crippen LogP contribution in [-0.2, 0) is 0 Å². The summed E-state index contributed by atoms with van der Waals surface area (Å²) in [6.45, 7) is 0.645. The van der Waals surface area contributed by atoms with Crippen molar-refractivity contribution in [1.82, 2.24) is 0 Å². The first kappa shape index (κ1) is 19.6. The number of aliphatic hydroxyl groups excluding tert-OH is 2. The highest BCUT2D eigenvalue weighted by Crippen LogP contribution is 2.12. The second-order valence-electron chi connectivity index (χ2n) is 4.85. The predicted octanol–water partition coefficient (Wildman–Crippen LogP) is 3.95. The van der Waals surface area contributed by atoms with E-state index in [1.807, 2.05) is 23.5 Å². The summed E-state index contributed by atoms with van der Waals surface area (Å²) in [6, 6.07) is 0. The summed E-state index contributed by atoms with van der Waals surface area (Å²) in [5.41, 5.74) is 0. The summed E-state index contributed by atoms with van der Waals surface area (Å²) in [7, 11) is 0. The molecule has 0 aliphatic carbocycles. The van der Waals surface area contributed by atoms with Gasteiger partial charge in [0.25, 0.3) is 0 Å². The first-order valence-corrected chi connectivity index (χ1v) is 10.1. The highest BCUT2D eigenvalue weighted by Gasteiger charge is 1.94. The Labute approximate surface area is 128 Å². The van der Waals surface area contributed by atoms with E-state index in [2.05, 4.69) is 0 Å². The summed E-state index contributed by atoms with van der Waals surface area (Å²) in [6.07, 6.45) is 12.3. The van der Waals surface area contributed by atoms with E-state index in [9.17, 15) is 0 Å². The van der Waals surface area contributed by atoms with Crippen LogP contribution in [0.2, 0.25) is 0 Å². The second kappa shape index (κ2) is 18.6. The summed E-state index contributed by atoms with van der Waals surface area (Å²) < 4.78 is 0. The molecule has 0 bridgehead atoms. The molecular formula is C15H32O2S2. The molecule has 0 saturated heterocycles. The number of unbranched alkanes of at least 4 members (excludes halogenated alkanes) is 8. The quantitative estimate of drug-likeness (QED) is 0.424. The monoisotopic (exact) mass is 308 g/mol. The van der Waals surface area contributed by atoms with Crippen molar-refractivity contribution in [3.05, 3.63) is 0 Å². The molecule has 0 aromatic carbocycles. The number of hydrogen-bond donors (Lipinski definition) is 2. The predicted molar refractivity (Wildman–Crippen MR) is 90.4 cm³/mol. The van der Waals surface area contributed by atoms with Gasteiger partial charge < -0.3 is 10.2 Å². The molecule has 0 aromatic heterocycles. The lowest BCUT2D eigenvalue weighted by atomic mass is 10.1. The maximum Gasteiger partial charge on any atom is 0.0521 e. The normalized spacial score (nSPS) is 11.1. The van der Waals surface area contributed by atoms with Crippen LogP contribution in [0.3, 0.4) is 0 Å². The van der Waals surface area contributed by atoms with Gasteiger partial charge in [-0.2, -0.15) is 23.5 Å². The van der Waals surface area contributed by atoms with Gasteiger partial charge in [0.15, 0.2) is 0 Å². The maximum absolute atomic E-state index is 8.64. The van der Waals surface area contributed by atoms with E-state index in [0.717, 1.165) is 11.5 Å². The molecule has 116 valence electrons. The molecule has 0 saturated carbocycles. The molecule has 0 rings (SSSR count). The molecule has 0 heterocycles. The average Bonchev–Trinajstić information content (AvgIpc) is 2.43. The second-order valence-corrected chi connectivity index (χ2v) is 7.30. The van der Waals surface area contributed by atoms with Gasteiger partial charge in [-0.25, -0.2) is 0 Å². The van der Waals surface area contributed by atoms with E-state index in [1.165, 1.54) is 69.3 Å². The highest BCUT2D eigenvalue weighted by molar-refractivity contribution is 7.99. The highest BCUT2D eigenvalue weighted by atomic mass is 32.2. The zero-order valence-corrected chi connectivity index (χ0v) is 14.0. The average molecular weight is 309 g/mol. The molecule has 0 aliphatic heterocycles. The summed E-state index contributed by atoms with van der Waals surface area (Å²) >= 11 is 3.74. The van der Waals surface area contributed by atoms with E-state index >= 15 is 0 Å². The molecule has 0 atom stereocenters. The van der Waals surface area contributed by atoms with Crippen molar-refractivity contribution >= 4 is 23.5 Å². The fourth-order valence-corrected chi connectivity index (χ4v) is 3.46. The third kappa shape index (κ3) is 18.6. The minimum absolute atomic E-state index is 0.323. The van der Waals surface area contributed by atoms with Gasteiger partial charge in [-0.15, -0.1) is 0 Å². The SMILES string of the molecule is OCCSCCCCCCCCCCCSCCO. The zero-order chi connectivity index (χ0) is 14.0. The van der Waals surface area contributed by atoms with Crippen LogP contribution in [0.5, 0.6) is 0 Å². The van der Waals surface area contributed by atoms with Crippen LogP contribution in [0, 0.1) is 0 Å². The summed E-state index contributed by atoms with van der Waals surface area (Å²) in [5, 5.41) is 17.3. The number of rotatable bonds is 16. The molecule has 0 unspecified atom stereocenters. The van der Waals surface area contributed by atoms with Gasteiger partial charge in [-0.1, -0.05) is 44.9 Å². The Morgan fingerprint density at radius 3 is 1.05 bits per heavy atom. The molecule has 4 heteroatoms. The van der Waals surface area contributed by atoms with Crippen LogP contribution in [0.1, 0.15) is 57.8 Å². The third-order valence-corrected chi connectivity index (χ3v) is 5.15. The molecule has 0 spiro atoms. The van der Waals surface area contributed by atoms with Crippen molar-refractivity contribution in [2.45, 2.75) is 57.8 Å². The van der Waals surface area contributed by atoms with Crippen LogP contribution >= 0.6 is 23.5 Å². The van der Waals surface area contributed by atoms with Gasteiger partial charge in [0, 0.05) is 11.5 Å². The smallest absolute Gasteiger partial charge is 0.0521 e. The van der Waals surface area contributed by atoms with Crippen LogP contribution in [-0.4, -0.2) is 46.4 Å². The van der Waals surface area contributed by atoms with E-state index in [1.54, 1.807) is 0 Å². The fraction of sp³-hybridized carbons (Fsp3) is 1.00. The first-order valence-electron chi connectivity index (χ1n) is 7.79. The molecule has 19 heavy (non-hydrogen) atoms. The topological polar surface area (TPSA) is 40.5 Å². The lowest BCUT2D eigenvalue weighted by molar-refractivity contribution is 0.322. The molecule has 0 amide bonds. The third-order valence-electron chi connectivity index (χ3n) is 3.05. The van der Waals surface area contributed by atoms with Gasteiger partial charge in [0.2, 0.25) is 0 Å². The molecule has 0 aromatic rings. The fourth-order valence-electron chi connectivity index (χ4n) is 1.98. The lowest BCUT2D eigenvalue weighted by Crippen LogP contribution is -1.89. The summed E-state index contributed by atoms with van der Waals surface area (Å²) in [5.74, 6) is 4.23. The maximum atomic E-state index is 8.64. The van der Waals surface area contributed by atoms with Gasteiger partial charge in [0.05, 0.1) is 13.2 Å². The van der Waals surface area contributed by atoms with Crippen LogP contribution in [0.25, 0.3) is 0 Å². The van der Waals surface area contributed by atoms with Crippen molar-refractivity contribution in [1.29, 1.82) is 0 Å². The van der Waals surface area contributed by atoms with Crippen LogP contribution in [0.4, 0.5) is 0 Å². The zero-order valence-electron chi connectivity index (χ0n) is 12.3. The Kier molecular flexibility index (Phi) is 19.2. The van der Waals surface area contributed by atoms with Crippen molar-refractivity contribution < 1.29 is 10.2 Å². The van der Waals surface area contributed by atoms with Gasteiger partial charge in [-0.3, -0.25) is 0 Å². The number of hydrogen-bond acceptors (Lipinski definition) is 4. The van der Waals surface area contributed by atoms with E-state index < -0.39 is 0 Å². The summed E-state index contributed by atoms with van der Waals surface area (Å²) in [4.78, 5) is 0. The van der Waals surface area contributed by atoms with Crippen molar-refractivity contribution in [2.24, 2.45) is 0 Å². The van der Waals surface area contributed by atoms with Crippen molar-refractivity contribution in [3.8, 4) is 0 Å². The lowest BCUT2D eigenvalue weighted by Gasteiger charge is -2.03. The van der Waals surface area contributed by atoms with E-state index in [-0.39, 0.29) is 0 Å². The Balaban J connectivity index is 2.88. The molecule has 0 fully saturated rings. The molecule has 0 radical (unpaired) electrons. The Hall–Kier alpha value is 0.620. The van der Waals surface area contributed by atoms with Crippen LogP contribution < -0.4 is 0 Å². The molecule has 2 N–H and O–H groups in total. The van der Waals surface area contributed by atoms with Crippen LogP contribution in [0.15, 0.2) is 0 Å². The molecule has 2 nitrogen and oxygen atoms in total. The minimum Gasteiger partial charge on any atom is -0.396 e. The number of thioether (sulfide) groups is 2. The Bertz CT molecular complexity index is 141. The van der Waals surface area contributed by atoms with Crippen molar-refractivity contribution in [2.75, 3.05) is 36.2 Å². The Morgan fingerprint density at radius 2 is 0.737 bits per heavy atom. The standard InChI is InChI=1S/C15H32O2S2/c16-10-14-18-12-8-6-4-2-1-3-5-7-9-13-19-15-11-17/h16-17H,1-15H2. The van der Waals surface area contributed by atoms with E-state index in [4.69, 9.17) is 10.2 Å². The van der Waals surface area contributed by atoms with Gasteiger partial charge >= 0.3 is 0 Å². The van der Waals surface area contributed by atoms with E-state index in [0.29, 0.717) is 13.2 Å². The number of aliphatic hydroxyl groups is 2. The Morgan fingerprint density at radius 1 is 0.421 bits per heavy atom. The molecular weight excluding hydrogens is 276 g/mol. The minimum atomic E-state index is 0.323. The first-order chi connectivity index (χ1) is 9.41. The van der Waals surface area contributed by atoms with Gasteiger partial charge in [0.1, 0.15) is 0 Å².